The third-order valence-electron chi connectivity index (χ3n) is 3.07. The van der Waals surface area contributed by atoms with Crippen LogP contribution in [0.3, 0.4) is 0 Å². The van der Waals surface area contributed by atoms with Crippen LogP contribution in [0, 0.1) is 0 Å². The van der Waals surface area contributed by atoms with E-state index in [1.54, 1.807) is 16.4 Å². The fraction of sp³-hybridized carbons (Fsp3) is 0.571. The van der Waals surface area contributed by atoms with Crippen LogP contribution in [0.1, 0.15) is 32.3 Å². The maximum Gasteiger partial charge on any atom is 0.243 e. The Morgan fingerprint density at radius 1 is 1.21 bits per heavy atom. The molecular weight excluding hydrogens is 260 g/mol. The maximum absolute atomic E-state index is 12.7. The zero-order valence-electron chi connectivity index (χ0n) is 12.0. The molecule has 1 aromatic carbocycles. The molecule has 0 aliphatic carbocycles. The predicted molar refractivity (Wildman–Crippen MR) is 78.5 cm³/mol. The molecule has 1 rings (SSSR count). The second-order valence-electron chi connectivity index (χ2n) is 4.49. The Morgan fingerprint density at radius 3 is 2.47 bits per heavy atom. The highest BCUT2D eigenvalue weighted by Crippen LogP contribution is 2.20. The van der Waals surface area contributed by atoms with Crippen molar-refractivity contribution in [3.63, 3.8) is 0 Å². The van der Waals surface area contributed by atoms with Crippen molar-refractivity contribution < 1.29 is 8.42 Å². The summed E-state index contributed by atoms with van der Waals surface area (Å²) in [6.45, 7) is 5.60. The largest absolute Gasteiger partial charge is 0.316 e. The first-order chi connectivity index (χ1) is 9.07. The maximum atomic E-state index is 12.7. The topological polar surface area (TPSA) is 49.4 Å². The average molecular weight is 284 g/mol. The van der Waals surface area contributed by atoms with Gasteiger partial charge in [-0.3, -0.25) is 0 Å². The summed E-state index contributed by atoms with van der Waals surface area (Å²) in [4.78, 5) is 0.419. The first-order valence-corrected chi connectivity index (χ1v) is 8.24. The van der Waals surface area contributed by atoms with Crippen LogP contribution in [0.5, 0.6) is 0 Å². The third-order valence-corrected chi connectivity index (χ3v) is 5.15. The SMILES string of the molecule is CCCCN(CC)S(=O)(=O)c1ccccc1CNC. The molecule has 19 heavy (non-hydrogen) atoms. The molecule has 108 valence electrons. The van der Waals surface area contributed by atoms with Crippen LogP contribution >= 0.6 is 0 Å². The van der Waals surface area contributed by atoms with Gasteiger partial charge in [0.05, 0.1) is 4.90 Å². The lowest BCUT2D eigenvalue weighted by Gasteiger charge is -2.21. The van der Waals surface area contributed by atoms with Gasteiger partial charge in [-0.15, -0.1) is 0 Å². The molecule has 0 aliphatic heterocycles. The van der Waals surface area contributed by atoms with Gasteiger partial charge in [-0.1, -0.05) is 38.5 Å². The van der Waals surface area contributed by atoms with E-state index in [0.29, 0.717) is 24.5 Å². The summed E-state index contributed by atoms with van der Waals surface area (Å²) in [7, 11) is -1.57. The first kappa shape index (κ1) is 16.1. The summed E-state index contributed by atoms with van der Waals surface area (Å²) >= 11 is 0. The third kappa shape index (κ3) is 4.03. The zero-order valence-corrected chi connectivity index (χ0v) is 12.8. The molecule has 0 bridgehead atoms. The molecule has 0 saturated carbocycles. The van der Waals surface area contributed by atoms with Crippen molar-refractivity contribution in [3.05, 3.63) is 29.8 Å². The van der Waals surface area contributed by atoms with Crippen molar-refractivity contribution in [3.8, 4) is 0 Å². The summed E-state index contributed by atoms with van der Waals surface area (Å²) in [5, 5.41) is 3.01. The Morgan fingerprint density at radius 2 is 1.89 bits per heavy atom. The Bertz CT molecular complexity index is 486. The molecule has 0 radical (unpaired) electrons. The Kier molecular flexibility index (Phi) is 6.48. The van der Waals surface area contributed by atoms with Crippen LogP contribution in [0.2, 0.25) is 0 Å². The fourth-order valence-corrected chi connectivity index (χ4v) is 3.72. The van der Waals surface area contributed by atoms with E-state index in [2.05, 4.69) is 12.2 Å². The Labute approximate surface area is 116 Å². The Hall–Kier alpha value is -0.910. The highest BCUT2D eigenvalue weighted by atomic mass is 32.2. The van der Waals surface area contributed by atoms with Gasteiger partial charge >= 0.3 is 0 Å². The number of benzene rings is 1. The molecule has 0 spiro atoms. The van der Waals surface area contributed by atoms with Crippen molar-refractivity contribution in [2.24, 2.45) is 0 Å². The van der Waals surface area contributed by atoms with Gasteiger partial charge < -0.3 is 5.32 Å². The molecule has 0 amide bonds. The van der Waals surface area contributed by atoms with Crippen LogP contribution in [-0.2, 0) is 16.6 Å². The van der Waals surface area contributed by atoms with Gasteiger partial charge in [0.1, 0.15) is 0 Å². The summed E-state index contributed by atoms with van der Waals surface area (Å²) < 4.78 is 26.9. The van der Waals surface area contributed by atoms with Crippen molar-refractivity contribution in [1.29, 1.82) is 0 Å². The van der Waals surface area contributed by atoms with Gasteiger partial charge in [0, 0.05) is 19.6 Å². The van der Waals surface area contributed by atoms with E-state index in [-0.39, 0.29) is 0 Å². The van der Waals surface area contributed by atoms with Crippen molar-refractivity contribution >= 4 is 10.0 Å². The number of rotatable bonds is 8. The van der Waals surface area contributed by atoms with Crippen molar-refractivity contribution in [2.75, 3.05) is 20.1 Å². The Balaban J connectivity index is 3.10. The molecule has 0 atom stereocenters. The van der Waals surface area contributed by atoms with E-state index < -0.39 is 10.0 Å². The van der Waals surface area contributed by atoms with Crippen LogP contribution in [-0.4, -0.2) is 32.9 Å². The lowest BCUT2D eigenvalue weighted by atomic mass is 10.2. The van der Waals surface area contributed by atoms with Gasteiger partial charge in [0.15, 0.2) is 0 Å². The number of unbranched alkanes of at least 4 members (excludes halogenated alkanes) is 1. The lowest BCUT2D eigenvalue weighted by Crippen LogP contribution is -2.32. The quantitative estimate of drug-likeness (QED) is 0.796. The van der Waals surface area contributed by atoms with Crippen LogP contribution in [0.4, 0.5) is 0 Å². The molecule has 0 aliphatic rings. The van der Waals surface area contributed by atoms with Gasteiger partial charge in [-0.2, -0.15) is 4.31 Å². The van der Waals surface area contributed by atoms with E-state index in [0.717, 1.165) is 18.4 Å². The monoisotopic (exact) mass is 284 g/mol. The summed E-state index contributed by atoms with van der Waals surface area (Å²) in [6.07, 6.45) is 1.88. The number of hydrogen-bond donors (Lipinski definition) is 1. The highest BCUT2D eigenvalue weighted by Gasteiger charge is 2.24. The highest BCUT2D eigenvalue weighted by molar-refractivity contribution is 7.89. The molecular formula is C14H24N2O2S. The molecule has 0 aromatic heterocycles. The number of sulfonamides is 1. The summed E-state index contributed by atoms with van der Waals surface area (Å²) in [6, 6.07) is 7.20. The normalized spacial score (nSPS) is 12.0. The smallest absolute Gasteiger partial charge is 0.243 e. The molecule has 0 heterocycles. The standard InChI is InChI=1S/C14H24N2O2S/c1-4-6-11-16(5-2)19(17,18)14-10-8-7-9-13(14)12-15-3/h7-10,15H,4-6,11-12H2,1-3H3. The summed E-state index contributed by atoms with van der Waals surface area (Å²) in [5.41, 5.74) is 0.819. The first-order valence-electron chi connectivity index (χ1n) is 6.80. The number of nitrogens with one attached hydrogen (secondary N) is 1. The van der Waals surface area contributed by atoms with Gasteiger partial charge in [0.2, 0.25) is 10.0 Å². The van der Waals surface area contributed by atoms with Crippen LogP contribution in [0.15, 0.2) is 29.2 Å². The van der Waals surface area contributed by atoms with Gasteiger partial charge in [0.25, 0.3) is 0 Å². The van der Waals surface area contributed by atoms with Gasteiger partial charge in [-0.25, -0.2) is 8.42 Å². The molecule has 4 nitrogen and oxygen atoms in total. The predicted octanol–water partition coefficient (Wildman–Crippen LogP) is 2.22. The second-order valence-corrected chi connectivity index (χ2v) is 6.39. The van der Waals surface area contributed by atoms with Crippen LogP contribution < -0.4 is 5.32 Å². The molecule has 0 fully saturated rings. The fourth-order valence-electron chi connectivity index (χ4n) is 2.01. The zero-order chi connectivity index (χ0) is 14.3. The molecule has 0 saturated heterocycles. The molecule has 5 heteroatoms. The van der Waals surface area contributed by atoms with E-state index in [1.165, 1.54) is 0 Å². The van der Waals surface area contributed by atoms with E-state index in [4.69, 9.17) is 0 Å². The number of hydrogen-bond acceptors (Lipinski definition) is 3. The van der Waals surface area contributed by atoms with Crippen molar-refractivity contribution in [2.45, 2.75) is 38.1 Å². The minimum atomic E-state index is -3.38. The number of nitrogens with zero attached hydrogens (tertiary/aromatic N) is 1. The summed E-state index contributed by atoms with van der Waals surface area (Å²) in [5.74, 6) is 0. The molecule has 1 aromatic rings. The minimum Gasteiger partial charge on any atom is -0.316 e. The van der Waals surface area contributed by atoms with Crippen molar-refractivity contribution in [1.82, 2.24) is 9.62 Å². The van der Waals surface area contributed by atoms with E-state index in [1.807, 2.05) is 26.1 Å². The van der Waals surface area contributed by atoms with Gasteiger partial charge in [-0.05, 0) is 25.1 Å². The average Bonchev–Trinajstić information content (AvgIpc) is 2.40. The molecule has 0 unspecified atom stereocenters. The second kappa shape index (κ2) is 7.62. The van der Waals surface area contributed by atoms with E-state index in [9.17, 15) is 8.42 Å². The van der Waals surface area contributed by atoms with E-state index >= 15 is 0 Å². The lowest BCUT2D eigenvalue weighted by molar-refractivity contribution is 0.418. The van der Waals surface area contributed by atoms with Crippen LogP contribution in [0.25, 0.3) is 0 Å². The minimum absolute atomic E-state index is 0.419. The molecule has 1 N–H and O–H groups in total.